The second kappa shape index (κ2) is 69.6. The zero-order valence-electron chi connectivity index (χ0n) is 54.0. The lowest BCUT2D eigenvalue weighted by Crippen LogP contribution is -2.30. The summed E-state index contributed by atoms with van der Waals surface area (Å²) in [5, 5.41) is 0. The molecule has 1 unspecified atom stereocenters. The molecule has 0 heterocycles. The second-order valence-corrected chi connectivity index (χ2v) is 23.1. The van der Waals surface area contributed by atoms with Crippen molar-refractivity contribution in [3.63, 3.8) is 0 Å². The Morgan fingerprint density at radius 2 is 0.524 bits per heavy atom. The summed E-state index contributed by atoms with van der Waals surface area (Å²) in [6, 6.07) is 0. The fourth-order valence-corrected chi connectivity index (χ4v) is 9.92. The fourth-order valence-electron chi connectivity index (χ4n) is 9.92. The summed E-state index contributed by atoms with van der Waals surface area (Å²) in [6.45, 7) is 6.37. The fraction of sp³-hybridized carbons (Fsp3) is 0.724. The van der Waals surface area contributed by atoms with Crippen molar-refractivity contribution in [3.8, 4) is 0 Å². The minimum Gasteiger partial charge on any atom is -0.462 e. The molecule has 0 bridgehead atoms. The van der Waals surface area contributed by atoms with Crippen LogP contribution in [0.4, 0.5) is 0 Å². The van der Waals surface area contributed by atoms with Crippen LogP contribution in [0.1, 0.15) is 335 Å². The normalized spacial score (nSPS) is 12.8. The van der Waals surface area contributed by atoms with Crippen molar-refractivity contribution in [1.29, 1.82) is 0 Å². The lowest BCUT2D eigenvalue weighted by Gasteiger charge is -2.18. The first-order valence-corrected chi connectivity index (χ1v) is 34.9. The van der Waals surface area contributed by atoms with E-state index in [-0.39, 0.29) is 31.6 Å². The van der Waals surface area contributed by atoms with Crippen LogP contribution >= 0.6 is 0 Å². The van der Waals surface area contributed by atoms with Gasteiger partial charge >= 0.3 is 17.9 Å². The molecular weight excluding hydrogens is 1010 g/mol. The maximum atomic E-state index is 12.9. The molecule has 82 heavy (non-hydrogen) atoms. The van der Waals surface area contributed by atoms with Crippen molar-refractivity contribution in [3.05, 3.63) is 109 Å². The van der Waals surface area contributed by atoms with E-state index in [1.54, 1.807) is 0 Å². The van der Waals surface area contributed by atoms with Crippen molar-refractivity contribution >= 4 is 17.9 Å². The first kappa shape index (κ1) is 78.1. The van der Waals surface area contributed by atoms with Crippen molar-refractivity contribution in [2.75, 3.05) is 13.2 Å². The number of esters is 3. The Hall–Kier alpha value is -3.93. The third kappa shape index (κ3) is 66.9. The Labute approximate surface area is 508 Å². The molecule has 470 valence electrons. The second-order valence-electron chi connectivity index (χ2n) is 23.1. The summed E-state index contributed by atoms with van der Waals surface area (Å²) in [4.78, 5) is 38.3. The van der Waals surface area contributed by atoms with Crippen LogP contribution in [0.15, 0.2) is 109 Å². The van der Waals surface area contributed by atoms with E-state index >= 15 is 0 Å². The number of ether oxygens (including phenoxy) is 3. The standard InChI is InChI=1S/C76H130O6/c1-4-7-10-13-16-19-22-25-28-30-32-33-34-35-36-37-38-39-40-41-42-43-44-46-48-51-54-57-60-63-66-69-75(78)81-72-73(71-80-74(77)68-65-62-59-56-53-50-47-27-24-21-18-15-12-9-6-3)82-76(79)70-67-64-61-58-55-52-49-45-31-29-26-23-20-17-14-11-8-5-2/h7,9-10,12,16,18-19,21,25,27-28,32-33,47,53,56,62,65,73H,4-6,8,11,13-15,17,20,22-24,26,29-31,34-46,48-52,54-55,57-61,63-64,66-72H2,1-3H3/b10-7-,12-9-,19-16-,21-18-,28-25-,33-32-,47-27-,56-53-,65-62-. The van der Waals surface area contributed by atoms with E-state index in [2.05, 4.69) is 118 Å². The number of carbonyl (C=O) groups excluding carboxylic acids is 3. The number of unbranched alkanes of at least 4 members (excludes halogenated alkanes) is 35. The maximum absolute atomic E-state index is 12.9. The van der Waals surface area contributed by atoms with E-state index in [1.807, 2.05) is 12.2 Å². The highest BCUT2D eigenvalue weighted by Gasteiger charge is 2.19. The van der Waals surface area contributed by atoms with Crippen LogP contribution in [0.3, 0.4) is 0 Å². The molecule has 0 aliphatic carbocycles. The van der Waals surface area contributed by atoms with Gasteiger partial charge in [-0.3, -0.25) is 14.4 Å². The smallest absolute Gasteiger partial charge is 0.309 e. The first-order valence-electron chi connectivity index (χ1n) is 34.9. The largest absolute Gasteiger partial charge is 0.462 e. The monoisotopic (exact) mass is 1140 g/mol. The summed E-state index contributed by atoms with van der Waals surface area (Å²) in [7, 11) is 0. The van der Waals surface area contributed by atoms with Crippen LogP contribution in [0, 0.1) is 0 Å². The van der Waals surface area contributed by atoms with E-state index in [4.69, 9.17) is 14.2 Å². The summed E-state index contributed by atoms with van der Waals surface area (Å²) < 4.78 is 16.9. The molecule has 0 aromatic carbocycles. The number of allylic oxidation sites excluding steroid dienone is 17. The number of carbonyl (C=O) groups is 3. The van der Waals surface area contributed by atoms with Crippen LogP contribution < -0.4 is 0 Å². The van der Waals surface area contributed by atoms with Crippen LogP contribution in [-0.2, 0) is 28.6 Å². The quantitative estimate of drug-likeness (QED) is 0.0261. The average Bonchev–Trinajstić information content (AvgIpc) is 3.47. The van der Waals surface area contributed by atoms with Crippen molar-refractivity contribution in [1.82, 2.24) is 0 Å². The molecule has 0 N–H and O–H groups in total. The van der Waals surface area contributed by atoms with E-state index in [0.29, 0.717) is 12.8 Å². The Balaban J connectivity index is 4.27. The topological polar surface area (TPSA) is 78.9 Å². The zero-order valence-corrected chi connectivity index (χ0v) is 54.0. The molecule has 0 aliphatic rings. The summed E-state index contributed by atoms with van der Waals surface area (Å²) >= 11 is 0. The highest BCUT2D eigenvalue weighted by atomic mass is 16.6. The maximum Gasteiger partial charge on any atom is 0.309 e. The van der Waals surface area contributed by atoms with E-state index in [9.17, 15) is 14.4 Å². The SMILES string of the molecule is CC/C=C\C/C=C\C/C=C\C/C=C\C/C=C\CC(=O)OCC(COC(=O)CCCCCCCCCCCCCCCCCCCC/C=C\C/C=C\C/C=C\C/C=C\CC)OC(=O)CCCCCCCCCCCCCCCCCCCC. The summed E-state index contributed by atoms with van der Waals surface area (Å²) in [5.41, 5.74) is 0. The summed E-state index contributed by atoms with van der Waals surface area (Å²) in [5.74, 6) is -1.02. The average molecular weight is 1140 g/mol. The molecule has 0 amide bonds. The minimum atomic E-state index is -0.817. The molecule has 0 aliphatic heterocycles. The molecule has 0 aromatic rings. The van der Waals surface area contributed by atoms with E-state index in [1.165, 1.54) is 199 Å². The third-order valence-electron chi connectivity index (χ3n) is 15.1. The molecule has 0 saturated heterocycles. The van der Waals surface area contributed by atoms with Crippen LogP contribution in [0.25, 0.3) is 0 Å². The molecule has 0 saturated carbocycles. The number of rotatable bonds is 63. The van der Waals surface area contributed by atoms with Gasteiger partial charge in [0.15, 0.2) is 6.10 Å². The highest BCUT2D eigenvalue weighted by Crippen LogP contribution is 2.18. The molecule has 6 heteroatoms. The number of hydrogen-bond acceptors (Lipinski definition) is 6. The molecule has 6 nitrogen and oxygen atoms in total. The van der Waals surface area contributed by atoms with E-state index < -0.39 is 12.1 Å². The Kier molecular flexibility index (Phi) is 66.2. The third-order valence-corrected chi connectivity index (χ3v) is 15.1. The first-order chi connectivity index (χ1) is 40.5. The van der Waals surface area contributed by atoms with Crippen molar-refractivity contribution in [2.24, 2.45) is 0 Å². The highest BCUT2D eigenvalue weighted by molar-refractivity contribution is 5.72. The minimum absolute atomic E-state index is 0.104. The van der Waals surface area contributed by atoms with Gasteiger partial charge in [0, 0.05) is 12.8 Å². The summed E-state index contributed by atoms with van der Waals surface area (Å²) in [6.07, 6.45) is 95.8. The van der Waals surface area contributed by atoms with Gasteiger partial charge in [-0.2, -0.15) is 0 Å². The molecule has 0 rings (SSSR count). The van der Waals surface area contributed by atoms with Crippen LogP contribution in [-0.4, -0.2) is 37.2 Å². The van der Waals surface area contributed by atoms with E-state index in [0.717, 1.165) is 96.3 Å². The van der Waals surface area contributed by atoms with Gasteiger partial charge in [0.1, 0.15) is 13.2 Å². The van der Waals surface area contributed by atoms with Gasteiger partial charge in [-0.25, -0.2) is 0 Å². The molecule has 0 spiro atoms. The molecule has 1 atom stereocenters. The Bertz CT molecular complexity index is 1640. The number of hydrogen-bond donors (Lipinski definition) is 0. The van der Waals surface area contributed by atoms with Crippen molar-refractivity contribution in [2.45, 2.75) is 341 Å². The van der Waals surface area contributed by atoms with Gasteiger partial charge in [0.25, 0.3) is 0 Å². The molecule has 0 aromatic heterocycles. The lowest BCUT2D eigenvalue weighted by molar-refractivity contribution is -0.166. The molecular formula is C76H130O6. The molecule has 0 radical (unpaired) electrons. The van der Waals surface area contributed by atoms with Crippen molar-refractivity contribution < 1.29 is 28.6 Å². The Morgan fingerprint density at radius 3 is 0.854 bits per heavy atom. The predicted octanol–water partition coefficient (Wildman–Crippen LogP) is 24.2. The Morgan fingerprint density at radius 1 is 0.268 bits per heavy atom. The van der Waals surface area contributed by atoms with Gasteiger partial charge < -0.3 is 14.2 Å². The van der Waals surface area contributed by atoms with Gasteiger partial charge in [0.2, 0.25) is 0 Å². The van der Waals surface area contributed by atoms with Gasteiger partial charge in [-0.05, 0) is 83.5 Å². The molecule has 0 fully saturated rings. The van der Waals surface area contributed by atoms with Crippen LogP contribution in [0.5, 0.6) is 0 Å². The van der Waals surface area contributed by atoms with Crippen LogP contribution in [0.2, 0.25) is 0 Å². The lowest BCUT2D eigenvalue weighted by atomic mass is 10.0. The zero-order chi connectivity index (χ0) is 59.2. The van der Waals surface area contributed by atoms with Gasteiger partial charge in [-0.15, -0.1) is 0 Å². The van der Waals surface area contributed by atoms with Gasteiger partial charge in [0.05, 0.1) is 6.42 Å². The predicted molar refractivity (Wildman–Crippen MR) is 357 cm³/mol. The van der Waals surface area contributed by atoms with Gasteiger partial charge in [-0.1, -0.05) is 342 Å².